The lowest BCUT2D eigenvalue weighted by Crippen LogP contribution is -2.25. The lowest BCUT2D eigenvalue weighted by molar-refractivity contribution is -0.152. The van der Waals surface area contributed by atoms with Gasteiger partial charge in [-0.15, -0.1) is 0 Å². The zero-order chi connectivity index (χ0) is 24.3. The zero-order valence-electron chi connectivity index (χ0n) is 18.9. The third-order valence-electron chi connectivity index (χ3n) is 5.20. The number of carbonyl (C=O) groups is 2. The fourth-order valence-corrected chi connectivity index (χ4v) is 3.64. The third kappa shape index (κ3) is 5.53. The molecule has 0 unspecified atom stereocenters. The van der Waals surface area contributed by atoms with E-state index in [0.717, 1.165) is 15.7 Å². The number of fused-ring (bicyclic) bond motifs is 1. The Balaban J connectivity index is 1.73. The molecule has 6 nitrogen and oxygen atoms in total. The van der Waals surface area contributed by atoms with Gasteiger partial charge in [0.15, 0.2) is 6.61 Å². The minimum atomic E-state index is -4.75. The van der Waals surface area contributed by atoms with Gasteiger partial charge in [-0.2, -0.15) is 13.2 Å². The maximum atomic E-state index is 13.4. The van der Waals surface area contributed by atoms with E-state index in [2.05, 4.69) is 10.3 Å². The molecule has 33 heavy (non-hydrogen) atoms. The number of halogens is 3. The first-order chi connectivity index (χ1) is 15.5. The van der Waals surface area contributed by atoms with E-state index in [1.807, 2.05) is 45.9 Å². The van der Waals surface area contributed by atoms with Gasteiger partial charge in [0.2, 0.25) is 5.82 Å². The van der Waals surface area contributed by atoms with Crippen LogP contribution in [0.5, 0.6) is 0 Å². The van der Waals surface area contributed by atoms with E-state index in [-0.39, 0.29) is 22.9 Å². The maximum absolute atomic E-state index is 13.4. The summed E-state index contributed by atoms with van der Waals surface area (Å²) in [5.41, 5.74) is 2.82. The molecular formula is C24H26F3N3O3. The van der Waals surface area contributed by atoms with E-state index in [1.165, 1.54) is 12.1 Å². The Bertz CT molecular complexity index is 1140. The molecule has 0 spiro atoms. The van der Waals surface area contributed by atoms with E-state index in [0.29, 0.717) is 5.69 Å². The second-order valence-electron chi connectivity index (χ2n) is 8.34. The summed E-state index contributed by atoms with van der Waals surface area (Å²) in [6, 6.07) is 11.7. The minimum Gasteiger partial charge on any atom is -0.454 e. The molecule has 0 atom stereocenters. The number of benzene rings is 2. The molecule has 0 saturated carbocycles. The van der Waals surface area contributed by atoms with Crippen molar-refractivity contribution in [2.75, 3.05) is 11.9 Å². The van der Waals surface area contributed by atoms with Gasteiger partial charge in [0.05, 0.1) is 11.0 Å². The number of carbonyl (C=O) groups excluding carboxylic acids is 2. The number of aromatic nitrogens is 2. The summed E-state index contributed by atoms with van der Waals surface area (Å²) in [6.45, 7) is 6.68. The largest absolute Gasteiger partial charge is 0.454 e. The van der Waals surface area contributed by atoms with E-state index in [1.54, 1.807) is 12.1 Å². The Morgan fingerprint density at radius 1 is 1.00 bits per heavy atom. The molecular weight excluding hydrogens is 435 g/mol. The van der Waals surface area contributed by atoms with Crippen molar-refractivity contribution in [3.05, 3.63) is 59.4 Å². The number of esters is 1. The van der Waals surface area contributed by atoms with Gasteiger partial charge in [-0.05, 0) is 35.1 Å². The molecule has 0 fully saturated rings. The van der Waals surface area contributed by atoms with Crippen LogP contribution in [-0.4, -0.2) is 28.0 Å². The molecule has 0 aliphatic rings. The van der Waals surface area contributed by atoms with Crippen LogP contribution in [0.3, 0.4) is 0 Å². The minimum absolute atomic E-state index is 0.113. The van der Waals surface area contributed by atoms with Crippen molar-refractivity contribution in [1.29, 1.82) is 0 Å². The molecule has 176 valence electrons. The van der Waals surface area contributed by atoms with Crippen molar-refractivity contribution in [3.63, 3.8) is 0 Å². The smallest absolute Gasteiger partial charge is 0.449 e. The number of hydrogen-bond acceptors (Lipinski definition) is 4. The van der Waals surface area contributed by atoms with Gasteiger partial charge < -0.3 is 14.6 Å². The van der Waals surface area contributed by atoms with E-state index in [9.17, 15) is 22.8 Å². The highest BCUT2D eigenvalue weighted by Gasteiger charge is 2.38. The molecule has 1 N–H and O–H groups in total. The van der Waals surface area contributed by atoms with Crippen LogP contribution in [0.1, 0.15) is 56.5 Å². The number of ether oxygens (including phenoxy) is 1. The fourth-order valence-electron chi connectivity index (χ4n) is 3.64. The number of para-hydroxylation sites is 3. The highest BCUT2D eigenvalue weighted by molar-refractivity contribution is 5.94. The molecule has 0 aliphatic carbocycles. The Morgan fingerprint density at radius 2 is 1.61 bits per heavy atom. The van der Waals surface area contributed by atoms with Crippen molar-refractivity contribution in [3.8, 4) is 0 Å². The molecule has 0 aliphatic heterocycles. The molecule has 1 aromatic heterocycles. The fraction of sp³-hybridized carbons (Fsp3) is 0.375. The van der Waals surface area contributed by atoms with Gasteiger partial charge in [0.1, 0.15) is 6.54 Å². The quantitative estimate of drug-likeness (QED) is 0.473. The number of nitrogens with one attached hydrogen (secondary N) is 1. The van der Waals surface area contributed by atoms with Crippen molar-refractivity contribution < 1.29 is 27.5 Å². The normalized spacial score (nSPS) is 11.9. The van der Waals surface area contributed by atoms with Crippen LogP contribution >= 0.6 is 0 Å². The highest BCUT2D eigenvalue weighted by atomic mass is 19.4. The van der Waals surface area contributed by atoms with Crippen molar-refractivity contribution >= 4 is 28.6 Å². The van der Waals surface area contributed by atoms with Crippen LogP contribution in [0.2, 0.25) is 0 Å². The Morgan fingerprint density at radius 3 is 2.18 bits per heavy atom. The summed E-state index contributed by atoms with van der Waals surface area (Å²) < 4.78 is 45.9. The van der Waals surface area contributed by atoms with Crippen LogP contribution in [0, 0.1) is 0 Å². The summed E-state index contributed by atoms with van der Waals surface area (Å²) >= 11 is 0. The number of imidazole rings is 1. The van der Waals surface area contributed by atoms with Gasteiger partial charge in [-0.3, -0.25) is 9.59 Å². The average molecular weight is 461 g/mol. The van der Waals surface area contributed by atoms with E-state index in [4.69, 9.17) is 4.74 Å². The molecule has 0 bridgehead atoms. The summed E-state index contributed by atoms with van der Waals surface area (Å²) in [5.74, 6) is -2.43. The molecule has 0 saturated heterocycles. The Labute approximate surface area is 189 Å². The number of nitrogens with zero attached hydrogens (tertiary/aromatic N) is 2. The molecule has 3 aromatic rings. The standard InChI is InChI=1S/C24H26F3N3O3/c1-14(2)16-8-7-9-17(15(3)4)22(16)29-20(31)13-33-21(32)12-30-19-11-6-5-10-18(19)28-23(30)24(25,26)27/h5-11,14-15H,12-13H2,1-4H3,(H,29,31). The van der Waals surface area contributed by atoms with Gasteiger partial charge in [-0.25, -0.2) is 4.98 Å². The van der Waals surface area contributed by atoms with Crippen molar-refractivity contribution in [2.24, 2.45) is 0 Å². The Kier molecular flexibility index (Phi) is 7.09. The van der Waals surface area contributed by atoms with Crippen LogP contribution < -0.4 is 5.32 Å². The lowest BCUT2D eigenvalue weighted by Gasteiger charge is -2.20. The van der Waals surface area contributed by atoms with Gasteiger partial charge in [0, 0.05) is 5.69 Å². The van der Waals surface area contributed by atoms with Crippen LogP contribution in [-0.2, 0) is 27.0 Å². The first-order valence-electron chi connectivity index (χ1n) is 10.6. The monoisotopic (exact) mass is 461 g/mol. The average Bonchev–Trinajstić information content (AvgIpc) is 3.11. The van der Waals surface area contributed by atoms with Crippen molar-refractivity contribution in [1.82, 2.24) is 9.55 Å². The Hall–Kier alpha value is -3.36. The summed E-state index contributed by atoms with van der Waals surface area (Å²) in [6.07, 6.45) is -4.75. The highest BCUT2D eigenvalue weighted by Crippen LogP contribution is 2.33. The van der Waals surface area contributed by atoms with Gasteiger partial charge in [-0.1, -0.05) is 58.0 Å². The second-order valence-corrected chi connectivity index (χ2v) is 8.34. The SMILES string of the molecule is CC(C)c1cccc(C(C)C)c1NC(=O)COC(=O)Cn1c(C(F)(F)F)nc2ccccc21. The molecule has 1 heterocycles. The first-order valence-corrected chi connectivity index (χ1v) is 10.6. The van der Waals surface area contributed by atoms with E-state index >= 15 is 0 Å². The molecule has 1 amide bonds. The van der Waals surface area contributed by atoms with Crippen LogP contribution in [0.15, 0.2) is 42.5 Å². The predicted octanol–water partition coefficient (Wildman–Crippen LogP) is 5.48. The molecule has 3 rings (SSSR count). The summed E-state index contributed by atoms with van der Waals surface area (Å²) in [4.78, 5) is 28.4. The van der Waals surface area contributed by atoms with Crippen LogP contribution in [0.25, 0.3) is 11.0 Å². The van der Waals surface area contributed by atoms with Crippen LogP contribution in [0.4, 0.5) is 18.9 Å². The van der Waals surface area contributed by atoms with Gasteiger partial charge >= 0.3 is 12.1 Å². The van der Waals surface area contributed by atoms with E-state index < -0.39 is 37.0 Å². The molecule has 9 heteroatoms. The number of rotatable bonds is 7. The second kappa shape index (κ2) is 9.64. The number of alkyl halides is 3. The third-order valence-corrected chi connectivity index (χ3v) is 5.20. The topological polar surface area (TPSA) is 73.2 Å². The number of anilines is 1. The zero-order valence-corrected chi connectivity index (χ0v) is 18.9. The first kappa shape index (κ1) is 24.3. The molecule has 0 radical (unpaired) electrons. The lowest BCUT2D eigenvalue weighted by atomic mass is 9.92. The number of hydrogen-bond donors (Lipinski definition) is 1. The van der Waals surface area contributed by atoms with Gasteiger partial charge in [0.25, 0.3) is 5.91 Å². The number of amides is 1. The van der Waals surface area contributed by atoms with Crippen molar-refractivity contribution in [2.45, 2.75) is 52.3 Å². The summed E-state index contributed by atoms with van der Waals surface area (Å²) in [7, 11) is 0. The maximum Gasteiger partial charge on any atom is 0.449 e. The predicted molar refractivity (Wildman–Crippen MR) is 119 cm³/mol. The summed E-state index contributed by atoms with van der Waals surface area (Å²) in [5, 5.41) is 2.81. The molecule has 2 aromatic carbocycles.